The molecule has 0 aromatic heterocycles. The van der Waals surface area contributed by atoms with Crippen molar-refractivity contribution in [1.82, 2.24) is 5.43 Å². The minimum absolute atomic E-state index is 0.0851. The number of carbonyl (C=O) groups is 1. The van der Waals surface area contributed by atoms with Gasteiger partial charge >= 0.3 is 0 Å². The minimum Gasteiger partial charge on any atom is -0.293 e. The molecular weight excluding hydrogens is 266 g/mol. The average molecular weight is 285 g/mol. The molecule has 106 valence electrons. The Kier molecular flexibility index (Phi) is 4.90. The van der Waals surface area contributed by atoms with Crippen LogP contribution in [-0.2, 0) is 14.8 Å². The van der Waals surface area contributed by atoms with E-state index < -0.39 is 15.9 Å². The van der Waals surface area contributed by atoms with Gasteiger partial charge in [0.25, 0.3) is 5.91 Å². The van der Waals surface area contributed by atoms with Crippen LogP contribution >= 0.6 is 0 Å². The number of nitrogens with zero attached hydrogens (tertiary/aromatic N) is 1. The van der Waals surface area contributed by atoms with Crippen molar-refractivity contribution >= 4 is 21.6 Å². The first kappa shape index (κ1) is 15.5. The lowest BCUT2D eigenvalue weighted by atomic mass is 10.1. The lowest BCUT2D eigenvalue weighted by molar-refractivity contribution is -0.119. The van der Waals surface area contributed by atoms with E-state index in [9.17, 15) is 13.2 Å². The van der Waals surface area contributed by atoms with Crippen LogP contribution in [0.15, 0.2) is 18.2 Å². The first-order valence-corrected chi connectivity index (χ1v) is 7.50. The molecule has 0 bridgehead atoms. The molecule has 0 aliphatic carbocycles. The van der Waals surface area contributed by atoms with Crippen molar-refractivity contribution in [2.24, 2.45) is 5.84 Å². The Morgan fingerprint density at radius 2 is 2.00 bits per heavy atom. The summed E-state index contributed by atoms with van der Waals surface area (Å²) in [6.45, 7) is 4.88. The maximum atomic E-state index is 12.1. The van der Waals surface area contributed by atoms with Crippen molar-refractivity contribution in [3.8, 4) is 0 Å². The Morgan fingerprint density at radius 3 is 2.53 bits per heavy atom. The largest absolute Gasteiger partial charge is 0.293 e. The highest BCUT2D eigenvalue weighted by molar-refractivity contribution is 7.92. The Labute approximate surface area is 113 Å². The third kappa shape index (κ3) is 3.68. The van der Waals surface area contributed by atoms with Gasteiger partial charge in [-0.15, -0.1) is 0 Å². The number of aryl methyl sites for hydroxylation is 2. The summed E-state index contributed by atoms with van der Waals surface area (Å²) >= 11 is 0. The van der Waals surface area contributed by atoms with Gasteiger partial charge in [0.05, 0.1) is 11.4 Å². The zero-order valence-corrected chi connectivity index (χ0v) is 12.1. The van der Waals surface area contributed by atoms with Crippen molar-refractivity contribution in [1.29, 1.82) is 0 Å². The number of amides is 1. The molecule has 0 heterocycles. The molecule has 1 amide bonds. The summed E-state index contributed by atoms with van der Waals surface area (Å²) in [5.41, 5.74) is 4.16. The maximum Gasteiger partial charge on any atom is 0.254 e. The fraction of sp³-hybridized carbons (Fsp3) is 0.417. The number of hydrazine groups is 1. The third-order valence-corrected chi connectivity index (χ3v) is 4.51. The molecule has 1 aromatic carbocycles. The molecule has 0 radical (unpaired) electrons. The number of nitrogens with one attached hydrogen (secondary N) is 1. The Hall–Kier alpha value is -1.60. The van der Waals surface area contributed by atoms with Gasteiger partial charge in [0.1, 0.15) is 6.54 Å². The van der Waals surface area contributed by atoms with Crippen LogP contribution in [0, 0.1) is 13.8 Å². The van der Waals surface area contributed by atoms with Gasteiger partial charge in [-0.05, 0) is 38.0 Å². The molecule has 0 spiro atoms. The molecule has 1 aromatic rings. The van der Waals surface area contributed by atoms with Gasteiger partial charge in [-0.3, -0.25) is 14.5 Å². The number of anilines is 1. The van der Waals surface area contributed by atoms with E-state index in [1.165, 1.54) is 6.92 Å². The van der Waals surface area contributed by atoms with Gasteiger partial charge in [-0.25, -0.2) is 14.3 Å². The predicted octanol–water partition coefficient (Wildman–Crippen LogP) is 0.449. The average Bonchev–Trinajstić information content (AvgIpc) is 2.38. The van der Waals surface area contributed by atoms with Crippen LogP contribution in [0.1, 0.15) is 18.1 Å². The van der Waals surface area contributed by atoms with Crippen molar-refractivity contribution in [2.45, 2.75) is 20.8 Å². The summed E-state index contributed by atoms with van der Waals surface area (Å²) in [5, 5.41) is 0. The Bertz CT molecular complexity index is 570. The Morgan fingerprint density at radius 1 is 1.37 bits per heavy atom. The smallest absolute Gasteiger partial charge is 0.254 e. The number of hydrogen-bond acceptors (Lipinski definition) is 4. The highest BCUT2D eigenvalue weighted by Crippen LogP contribution is 2.24. The highest BCUT2D eigenvalue weighted by atomic mass is 32.2. The molecule has 1 rings (SSSR count). The first-order chi connectivity index (χ1) is 8.81. The lowest BCUT2D eigenvalue weighted by Crippen LogP contribution is -2.44. The zero-order valence-electron chi connectivity index (χ0n) is 11.3. The van der Waals surface area contributed by atoms with Crippen LogP contribution < -0.4 is 15.6 Å². The number of hydrogen-bond donors (Lipinski definition) is 2. The van der Waals surface area contributed by atoms with Crippen LogP contribution in [0.3, 0.4) is 0 Å². The van der Waals surface area contributed by atoms with Crippen LogP contribution in [-0.4, -0.2) is 26.6 Å². The quantitative estimate of drug-likeness (QED) is 0.467. The van der Waals surface area contributed by atoms with E-state index in [1.54, 1.807) is 13.0 Å². The number of sulfonamides is 1. The van der Waals surface area contributed by atoms with Gasteiger partial charge in [-0.1, -0.05) is 12.1 Å². The Balaban J connectivity index is 3.31. The molecule has 0 aliphatic heterocycles. The van der Waals surface area contributed by atoms with Crippen molar-refractivity contribution < 1.29 is 13.2 Å². The van der Waals surface area contributed by atoms with E-state index in [0.29, 0.717) is 5.69 Å². The summed E-state index contributed by atoms with van der Waals surface area (Å²) in [6, 6.07) is 5.45. The van der Waals surface area contributed by atoms with E-state index in [1.807, 2.05) is 24.5 Å². The summed E-state index contributed by atoms with van der Waals surface area (Å²) in [5.74, 6) is 4.39. The van der Waals surface area contributed by atoms with Gasteiger partial charge in [0.2, 0.25) is 10.0 Å². The normalized spacial score (nSPS) is 11.2. The van der Waals surface area contributed by atoms with Crippen molar-refractivity contribution in [2.75, 3.05) is 16.6 Å². The first-order valence-electron chi connectivity index (χ1n) is 5.89. The molecule has 0 aliphatic rings. The minimum atomic E-state index is -3.54. The standard InChI is InChI=1S/C12H19N3O3S/c1-4-19(17,18)15(8-12(16)14-13)11-7-9(2)5-6-10(11)3/h5-7H,4,8,13H2,1-3H3,(H,14,16). The molecule has 19 heavy (non-hydrogen) atoms. The van der Waals surface area contributed by atoms with Crippen LogP contribution in [0.4, 0.5) is 5.69 Å². The fourth-order valence-corrected chi connectivity index (χ4v) is 2.78. The summed E-state index contributed by atoms with van der Waals surface area (Å²) in [4.78, 5) is 11.4. The van der Waals surface area contributed by atoms with Crippen LogP contribution in [0.25, 0.3) is 0 Å². The molecule has 0 atom stereocenters. The molecule has 6 nitrogen and oxygen atoms in total. The zero-order chi connectivity index (χ0) is 14.6. The van der Waals surface area contributed by atoms with Gasteiger partial charge in [-0.2, -0.15) is 0 Å². The number of nitrogens with two attached hydrogens (primary N) is 1. The van der Waals surface area contributed by atoms with Crippen LogP contribution in [0.2, 0.25) is 0 Å². The molecule has 0 unspecified atom stereocenters. The van der Waals surface area contributed by atoms with E-state index in [2.05, 4.69) is 0 Å². The molecule has 3 N–H and O–H groups in total. The highest BCUT2D eigenvalue weighted by Gasteiger charge is 2.24. The summed E-state index contributed by atoms with van der Waals surface area (Å²) in [6.07, 6.45) is 0. The number of rotatable bonds is 5. The van der Waals surface area contributed by atoms with E-state index in [-0.39, 0.29) is 12.3 Å². The number of carbonyl (C=O) groups excluding carboxylic acids is 1. The van der Waals surface area contributed by atoms with E-state index in [4.69, 9.17) is 5.84 Å². The third-order valence-electron chi connectivity index (χ3n) is 2.78. The van der Waals surface area contributed by atoms with Crippen molar-refractivity contribution in [3.05, 3.63) is 29.3 Å². The topological polar surface area (TPSA) is 92.5 Å². The van der Waals surface area contributed by atoms with Gasteiger partial charge in [0.15, 0.2) is 0 Å². The van der Waals surface area contributed by atoms with Crippen molar-refractivity contribution in [3.63, 3.8) is 0 Å². The van der Waals surface area contributed by atoms with Crippen LogP contribution in [0.5, 0.6) is 0 Å². The fourth-order valence-electron chi connectivity index (χ4n) is 1.65. The molecular formula is C12H19N3O3S. The molecule has 0 saturated heterocycles. The molecule has 0 fully saturated rings. The van der Waals surface area contributed by atoms with E-state index in [0.717, 1.165) is 15.4 Å². The monoisotopic (exact) mass is 285 g/mol. The van der Waals surface area contributed by atoms with Gasteiger partial charge in [0, 0.05) is 0 Å². The lowest BCUT2D eigenvalue weighted by Gasteiger charge is -2.25. The second-order valence-electron chi connectivity index (χ2n) is 4.26. The predicted molar refractivity (Wildman–Crippen MR) is 75.1 cm³/mol. The second kappa shape index (κ2) is 6.03. The second-order valence-corrected chi connectivity index (χ2v) is 6.45. The summed E-state index contributed by atoms with van der Waals surface area (Å²) < 4.78 is 25.3. The number of benzene rings is 1. The molecule has 0 saturated carbocycles. The SMILES string of the molecule is CCS(=O)(=O)N(CC(=O)NN)c1cc(C)ccc1C. The maximum absolute atomic E-state index is 12.1. The molecule has 7 heteroatoms. The van der Waals surface area contributed by atoms with Gasteiger partial charge < -0.3 is 0 Å². The summed E-state index contributed by atoms with van der Waals surface area (Å²) in [7, 11) is -3.54. The van der Waals surface area contributed by atoms with E-state index >= 15 is 0 Å².